The van der Waals surface area contributed by atoms with Crippen LogP contribution < -0.4 is 15.2 Å². The molecular weight excluding hydrogens is 224 g/mol. The zero-order valence-corrected chi connectivity index (χ0v) is 9.22. The van der Waals surface area contributed by atoms with Crippen LogP contribution in [0.3, 0.4) is 0 Å². The van der Waals surface area contributed by atoms with Gasteiger partial charge in [0.2, 0.25) is 0 Å². The zero-order chi connectivity index (χ0) is 12.1. The number of carbonyl (C=O) groups is 1. The molecule has 5 N–H and O–H groups in total. The van der Waals surface area contributed by atoms with E-state index in [1.54, 1.807) is 11.6 Å². The second-order valence-electron chi connectivity index (χ2n) is 2.63. The molecule has 0 radical (unpaired) electrons. The van der Waals surface area contributed by atoms with E-state index in [4.69, 9.17) is 11.1 Å². The lowest BCUT2D eigenvalue weighted by molar-refractivity contribution is 0.177. The van der Waals surface area contributed by atoms with Crippen molar-refractivity contribution in [2.75, 3.05) is 7.11 Å². The Hall–Kier alpha value is -1.35. The fraction of sp³-hybridized carbons (Fsp3) is 0.667. The number of hydrogen-bond donors (Lipinski definition) is 4. The summed E-state index contributed by atoms with van der Waals surface area (Å²) in [5, 5.41) is 7.07. The van der Waals surface area contributed by atoms with Gasteiger partial charge in [-0.3, -0.25) is 5.41 Å². The molecule has 0 aromatic rings. The van der Waals surface area contributed by atoms with Crippen molar-refractivity contribution in [1.82, 2.24) is 9.44 Å². The van der Waals surface area contributed by atoms with E-state index in [0.29, 0.717) is 6.42 Å². The number of methoxy groups -OCH3 is 1. The quantitative estimate of drug-likeness (QED) is 0.356. The molecule has 0 aliphatic carbocycles. The minimum Gasteiger partial charge on any atom is -0.452 e. The minimum atomic E-state index is -4.04. The van der Waals surface area contributed by atoms with Gasteiger partial charge in [0.1, 0.15) is 5.84 Å². The fourth-order valence-electron chi connectivity index (χ4n) is 0.735. The van der Waals surface area contributed by atoms with E-state index < -0.39 is 22.3 Å². The molecule has 0 spiro atoms. The minimum absolute atomic E-state index is 0.303. The summed E-state index contributed by atoms with van der Waals surface area (Å²) in [5.74, 6) is -0.326. The average molecular weight is 238 g/mol. The molecule has 0 bridgehead atoms. The lowest BCUT2D eigenvalue weighted by Crippen LogP contribution is -2.49. The molecule has 8 nitrogen and oxygen atoms in total. The van der Waals surface area contributed by atoms with Crippen molar-refractivity contribution in [3.63, 3.8) is 0 Å². The zero-order valence-electron chi connectivity index (χ0n) is 8.40. The number of carbonyl (C=O) groups excluding carboxylic acids is 1. The molecule has 1 unspecified atom stereocenters. The third kappa shape index (κ3) is 5.18. The summed E-state index contributed by atoms with van der Waals surface area (Å²) in [4.78, 5) is 10.6. The Morgan fingerprint density at radius 2 is 2.13 bits per heavy atom. The van der Waals surface area contributed by atoms with E-state index in [-0.39, 0.29) is 5.84 Å². The Morgan fingerprint density at radius 1 is 1.60 bits per heavy atom. The average Bonchev–Trinajstić information content (AvgIpc) is 2.13. The van der Waals surface area contributed by atoms with Gasteiger partial charge < -0.3 is 10.5 Å². The fourth-order valence-corrected chi connectivity index (χ4v) is 1.76. The summed E-state index contributed by atoms with van der Waals surface area (Å²) in [7, 11) is -3.01. The van der Waals surface area contributed by atoms with Crippen LogP contribution in [0.1, 0.15) is 13.3 Å². The van der Waals surface area contributed by atoms with Crippen LogP contribution in [0.4, 0.5) is 4.79 Å². The van der Waals surface area contributed by atoms with Gasteiger partial charge in [0.15, 0.2) is 0 Å². The maximum Gasteiger partial charge on any atom is 0.421 e. The predicted octanol–water partition coefficient (Wildman–Crippen LogP) is -1.11. The van der Waals surface area contributed by atoms with Crippen LogP contribution in [0.15, 0.2) is 0 Å². The molecule has 88 valence electrons. The Bertz CT molecular complexity index is 339. The summed E-state index contributed by atoms with van der Waals surface area (Å²) in [5.41, 5.74) is 5.13. The molecule has 0 saturated carbocycles. The van der Waals surface area contributed by atoms with Crippen molar-refractivity contribution >= 4 is 22.1 Å². The van der Waals surface area contributed by atoms with Crippen LogP contribution in [-0.4, -0.2) is 33.5 Å². The molecule has 0 aliphatic heterocycles. The van der Waals surface area contributed by atoms with Gasteiger partial charge >= 0.3 is 16.3 Å². The Morgan fingerprint density at radius 3 is 2.47 bits per heavy atom. The smallest absolute Gasteiger partial charge is 0.421 e. The first-order chi connectivity index (χ1) is 6.82. The molecule has 0 rings (SSSR count). The third-order valence-corrected chi connectivity index (χ3v) is 2.51. The standard InChI is InChI=1S/C6H14N4O4S/c1-3-4(5(7)8)9-15(12,13)10-6(11)14-2/h4,9H,3H2,1-2H3,(H3,7,8)(H,10,11). The van der Waals surface area contributed by atoms with Gasteiger partial charge in [0, 0.05) is 0 Å². The van der Waals surface area contributed by atoms with E-state index in [1.165, 1.54) is 0 Å². The molecule has 0 heterocycles. The highest BCUT2D eigenvalue weighted by Crippen LogP contribution is 1.92. The highest BCUT2D eigenvalue weighted by Gasteiger charge is 2.20. The monoisotopic (exact) mass is 238 g/mol. The van der Waals surface area contributed by atoms with Crippen molar-refractivity contribution in [3.05, 3.63) is 0 Å². The third-order valence-electron chi connectivity index (χ3n) is 1.48. The molecular formula is C6H14N4O4S. The van der Waals surface area contributed by atoms with E-state index >= 15 is 0 Å². The molecule has 0 aromatic carbocycles. The normalized spacial score (nSPS) is 12.9. The second-order valence-corrected chi connectivity index (χ2v) is 4.08. The van der Waals surface area contributed by atoms with Crippen molar-refractivity contribution < 1.29 is 17.9 Å². The first-order valence-corrected chi connectivity index (χ1v) is 5.52. The van der Waals surface area contributed by atoms with Crippen LogP contribution in [0.25, 0.3) is 0 Å². The first-order valence-electron chi connectivity index (χ1n) is 4.04. The first kappa shape index (κ1) is 13.7. The largest absolute Gasteiger partial charge is 0.452 e. The van der Waals surface area contributed by atoms with Gasteiger partial charge in [0.25, 0.3) is 0 Å². The summed E-state index contributed by atoms with van der Waals surface area (Å²) in [6, 6.07) is -0.841. The molecule has 0 aromatic heterocycles. The van der Waals surface area contributed by atoms with Gasteiger partial charge in [0.05, 0.1) is 13.2 Å². The van der Waals surface area contributed by atoms with Crippen molar-refractivity contribution in [2.45, 2.75) is 19.4 Å². The number of rotatable bonds is 5. The van der Waals surface area contributed by atoms with Gasteiger partial charge in [-0.2, -0.15) is 13.1 Å². The summed E-state index contributed by atoms with van der Waals surface area (Å²) in [6.45, 7) is 1.65. The molecule has 15 heavy (non-hydrogen) atoms. The highest BCUT2D eigenvalue weighted by molar-refractivity contribution is 7.88. The van der Waals surface area contributed by atoms with Crippen LogP contribution in [-0.2, 0) is 14.9 Å². The second kappa shape index (κ2) is 5.51. The highest BCUT2D eigenvalue weighted by atomic mass is 32.2. The van der Waals surface area contributed by atoms with E-state index in [0.717, 1.165) is 7.11 Å². The summed E-state index contributed by atoms with van der Waals surface area (Å²) in [6.07, 6.45) is -0.807. The molecule has 1 amide bonds. The van der Waals surface area contributed by atoms with Crippen LogP contribution >= 0.6 is 0 Å². The molecule has 0 aliphatic rings. The predicted molar refractivity (Wildman–Crippen MR) is 53.6 cm³/mol. The number of amidine groups is 1. The summed E-state index contributed by atoms with van der Waals surface area (Å²) >= 11 is 0. The molecule has 0 saturated heterocycles. The van der Waals surface area contributed by atoms with E-state index in [1.807, 2.05) is 4.72 Å². The van der Waals surface area contributed by atoms with E-state index in [9.17, 15) is 13.2 Å². The SMILES string of the molecule is CCC(NS(=O)(=O)NC(=O)OC)C(=N)N. The maximum atomic E-state index is 11.2. The van der Waals surface area contributed by atoms with E-state index in [2.05, 4.69) is 4.74 Å². The molecule has 1 atom stereocenters. The van der Waals surface area contributed by atoms with Crippen LogP contribution in [0.5, 0.6) is 0 Å². The number of hydrogen-bond acceptors (Lipinski definition) is 5. The Balaban J connectivity index is 4.49. The van der Waals surface area contributed by atoms with Crippen molar-refractivity contribution in [2.24, 2.45) is 5.73 Å². The lowest BCUT2D eigenvalue weighted by Gasteiger charge is -2.15. The Kier molecular flexibility index (Phi) is 5.02. The van der Waals surface area contributed by atoms with Crippen LogP contribution in [0, 0.1) is 5.41 Å². The molecule has 0 fully saturated rings. The Labute approximate surface area is 87.9 Å². The number of nitrogens with one attached hydrogen (secondary N) is 3. The van der Waals surface area contributed by atoms with Gasteiger partial charge in [-0.15, -0.1) is 0 Å². The van der Waals surface area contributed by atoms with Gasteiger partial charge in [-0.25, -0.2) is 9.52 Å². The van der Waals surface area contributed by atoms with Crippen molar-refractivity contribution in [3.8, 4) is 0 Å². The van der Waals surface area contributed by atoms with Crippen LogP contribution in [0.2, 0.25) is 0 Å². The maximum absolute atomic E-state index is 11.2. The van der Waals surface area contributed by atoms with Gasteiger partial charge in [-0.1, -0.05) is 6.92 Å². The number of nitrogens with two attached hydrogens (primary N) is 1. The number of ether oxygens (including phenoxy) is 1. The number of amides is 1. The summed E-state index contributed by atoms with van der Waals surface area (Å²) < 4.78 is 30.1. The molecule has 9 heteroatoms. The van der Waals surface area contributed by atoms with Gasteiger partial charge in [-0.05, 0) is 6.42 Å². The topological polar surface area (TPSA) is 134 Å². The van der Waals surface area contributed by atoms with Crippen molar-refractivity contribution in [1.29, 1.82) is 5.41 Å². The lowest BCUT2D eigenvalue weighted by atomic mass is 10.2.